The SMILES string of the molecule is COc1ccc(C)cc1C(C)Nc1ccc(C(=O)NC2CC2)cc1[N+](=O)[O-]. The van der Waals surface area contributed by atoms with Crippen LogP contribution in [0.3, 0.4) is 0 Å². The molecular weight excluding hydrogens is 346 g/mol. The zero-order chi connectivity index (χ0) is 19.6. The lowest BCUT2D eigenvalue weighted by Crippen LogP contribution is -2.25. The summed E-state index contributed by atoms with van der Waals surface area (Å²) in [5, 5.41) is 17.6. The molecule has 7 heteroatoms. The van der Waals surface area contributed by atoms with Gasteiger partial charge in [-0.2, -0.15) is 0 Å². The van der Waals surface area contributed by atoms with Gasteiger partial charge in [0.15, 0.2) is 0 Å². The quantitative estimate of drug-likeness (QED) is 0.569. The average molecular weight is 369 g/mol. The van der Waals surface area contributed by atoms with E-state index in [0.29, 0.717) is 17.0 Å². The maximum atomic E-state index is 12.2. The number of nitrogens with zero attached hydrogens (tertiary/aromatic N) is 1. The monoisotopic (exact) mass is 369 g/mol. The molecule has 1 aliphatic carbocycles. The number of benzene rings is 2. The number of amides is 1. The number of methoxy groups -OCH3 is 1. The number of hydrogen-bond acceptors (Lipinski definition) is 5. The van der Waals surface area contributed by atoms with Crippen LogP contribution in [-0.2, 0) is 0 Å². The number of rotatable bonds is 7. The van der Waals surface area contributed by atoms with Crippen molar-refractivity contribution in [1.29, 1.82) is 0 Å². The molecule has 3 rings (SSSR count). The second-order valence-electron chi connectivity index (χ2n) is 6.85. The summed E-state index contributed by atoms with van der Waals surface area (Å²) in [6, 6.07) is 10.3. The van der Waals surface area contributed by atoms with Crippen LogP contribution in [0, 0.1) is 17.0 Å². The number of hydrogen-bond donors (Lipinski definition) is 2. The van der Waals surface area contributed by atoms with Crippen LogP contribution in [0.1, 0.15) is 47.3 Å². The van der Waals surface area contributed by atoms with Crippen LogP contribution < -0.4 is 15.4 Å². The van der Waals surface area contributed by atoms with E-state index in [1.807, 2.05) is 32.0 Å². The largest absolute Gasteiger partial charge is 0.496 e. The summed E-state index contributed by atoms with van der Waals surface area (Å²) in [4.78, 5) is 23.2. The first-order valence-electron chi connectivity index (χ1n) is 8.89. The fourth-order valence-corrected chi connectivity index (χ4v) is 2.95. The van der Waals surface area contributed by atoms with Gasteiger partial charge in [-0.1, -0.05) is 17.7 Å². The lowest BCUT2D eigenvalue weighted by Gasteiger charge is -2.19. The summed E-state index contributed by atoms with van der Waals surface area (Å²) in [5.74, 6) is 0.434. The highest BCUT2D eigenvalue weighted by molar-refractivity contribution is 5.96. The van der Waals surface area contributed by atoms with Crippen LogP contribution in [-0.4, -0.2) is 24.0 Å². The van der Waals surface area contributed by atoms with Crippen LogP contribution in [0.15, 0.2) is 36.4 Å². The van der Waals surface area contributed by atoms with Crippen molar-refractivity contribution in [3.05, 3.63) is 63.2 Å². The summed E-state index contributed by atoms with van der Waals surface area (Å²) >= 11 is 0. The molecule has 0 aliphatic heterocycles. The molecule has 1 amide bonds. The number of anilines is 1. The predicted molar refractivity (Wildman–Crippen MR) is 103 cm³/mol. The smallest absolute Gasteiger partial charge is 0.293 e. The Balaban J connectivity index is 1.86. The normalized spacial score (nSPS) is 14.3. The summed E-state index contributed by atoms with van der Waals surface area (Å²) in [7, 11) is 1.59. The van der Waals surface area contributed by atoms with Gasteiger partial charge in [0.05, 0.1) is 18.1 Å². The van der Waals surface area contributed by atoms with Crippen LogP contribution in [0.4, 0.5) is 11.4 Å². The van der Waals surface area contributed by atoms with Gasteiger partial charge >= 0.3 is 0 Å². The number of carbonyl (C=O) groups is 1. The molecule has 2 aromatic carbocycles. The van der Waals surface area contributed by atoms with Crippen molar-refractivity contribution in [2.75, 3.05) is 12.4 Å². The maximum Gasteiger partial charge on any atom is 0.293 e. The first kappa shape index (κ1) is 18.7. The Labute approximate surface area is 157 Å². The minimum absolute atomic E-state index is 0.128. The number of ether oxygens (including phenoxy) is 1. The lowest BCUT2D eigenvalue weighted by molar-refractivity contribution is -0.384. The van der Waals surface area contributed by atoms with E-state index >= 15 is 0 Å². The molecule has 0 heterocycles. The summed E-state index contributed by atoms with van der Waals surface area (Å²) in [6.45, 7) is 3.89. The summed E-state index contributed by atoms with van der Waals surface area (Å²) < 4.78 is 5.40. The van der Waals surface area contributed by atoms with Gasteiger partial charge in [-0.25, -0.2) is 0 Å². The molecule has 1 atom stereocenters. The third kappa shape index (κ3) is 4.36. The fourth-order valence-electron chi connectivity index (χ4n) is 2.95. The molecule has 2 N–H and O–H groups in total. The summed E-state index contributed by atoms with van der Waals surface area (Å²) in [6.07, 6.45) is 1.92. The molecule has 1 fully saturated rings. The molecule has 0 bridgehead atoms. The first-order valence-corrected chi connectivity index (χ1v) is 8.89. The number of nitro groups is 1. The molecule has 142 valence electrons. The molecule has 0 aromatic heterocycles. The van der Waals surface area contributed by atoms with E-state index < -0.39 is 4.92 Å². The molecule has 7 nitrogen and oxygen atoms in total. The third-order valence-corrected chi connectivity index (χ3v) is 4.59. The van der Waals surface area contributed by atoms with Gasteiger partial charge < -0.3 is 15.4 Å². The zero-order valence-electron chi connectivity index (χ0n) is 15.6. The molecular formula is C20H23N3O4. The van der Waals surface area contributed by atoms with E-state index in [1.165, 1.54) is 6.07 Å². The number of nitrogens with one attached hydrogen (secondary N) is 2. The van der Waals surface area contributed by atoms with Crippen molar-refractivity contribution in [3.63, 3.8) is 0 Å². The highest BCUT2D eigenvalue weighted by atomic mass is 16.6. The van der Waals surface area contributed by atoms with Gasteiger partial charge in [-0.05, 0) is 44.9 Å². The van der Waals surface area contributed by atoms with Crippen molar-refractivity contribution in [1.82, 2.24) is 5.32 Å². The third-order valence-electron chi connectivity index (χ3n) is 4.59. The van der Waals surface area contributed by atoms with Gasteiger partial charge in [0.1, 0.15) is 11.4 Å². The second-order valence-corrected chi connectivity index (χ2v) is 6.85. The van der Waals surface area contributed by atoms with Crippen LogP contribution >= 0.6 is 0 Å². The Morgan fingerprint density at radius 1 is 1.26 bits per heavy atom. The second kappa shape index (κ2) is 7.65. The van der Waals surface area contributed by atoms with Gasteiger partial charge in [0.2, 0.25) is 0 Å². The van der Waals surface area contributed by atoms with Crippen molar-refractivity contribution < 1.29 is 14.5 Å². The van der Waals surface area contributed by atoms with E-state index in [0.717, 1.165) is 24.0 Å². The molecule has 0 spiro atoms. The Morgan fingerprint density at radius 2 is 2.00 bits per heavy atom. The predicted octanol–water partition coefficient (Wildman–Crippen LogP) is 3.98. The van der Waals surface area contributed by atoms with Crippen LogP contribution in [0.25, 0.3) is 0 Å². The van der Waals surface area contributed by atoms with Gasteiger partial charge in [-0.15, -0.1) is 0 Å². The lowest BCUT2D eigenvalue weighted by atomic mass is 10.0. The Morgan fingerprint density at radius 3 is 2.63 bits per heavy atom. The maximum absolute atomic E-state index is 12.2. The highest BCUT2D eigenvalue weighted by Crippen LogP contribution is 2.33. The first-order chi connectivity index (χ1) is 12.9. The van der Waals surface area contributed by atoms with E-state index in [2.05, 4.69) is 10.6 Å². The standard InChI is InChI=1S/C20H23N3O4/c1-12-4-9-19(27-3)16(10-12)13(2)21-17-8-5-14(11-18(17)23(25)26)20(24)22-15-6-7-15/h4-5,8-11,13,15,21H,6-7H2,1-3H3,(H,22,24). The number of aryl methyl sites for hydroxylation is 1. The molecule has 1 aliphatic rings. The molecule has 27 heavy (non-hydrogen) atoms. The molecule has 1 saturated carbocycles. The molecule has 0 radical (unpaired) electrons. The van der Waals surface area contributed by atoms with Crippen LogP contribution in [0.5, 0.6) is 5.75 Å². The van der Waals surface area contributed by atoms with Gasteiger partial charge in [0.25, 0.3) is 11.6 Å². The topological polar surface area (TPSA) is 93.5 Å². The summed E-state index contributed by atoms with van der Waals surface area (Å²) in [5.41, 5.74) is 2.50. The van der Waals surface area contributed by atoms with Crippen LogP contribution in [0.2, 0.25) is 0 Å². The van der Waals surface area contributed by atoms with E-state index in [4.69, 9.17) is 4.74 Å². The minimum atomic E-state index is -0.476. The highest BCUT2D eigenvalue weighted by Gasteiger charge is 2.25. The van der Waals surface area contributed by atoms with Gasteiger partial charge in [-0.3, -0.25) is 14.9 Å². The zero-order valence-corrected chi connectivity index (χ0v) is 15.6. The molecule has 1 unspecified atom stereocenters. The Bertz CT molecular complexity index is 878. The minimum Gasteiger partial charge on any atom is -0.496 e. The van der Waals surface area contributed by atoms with Crippen molar-refractivity contribution in [2.24, 2.45) is 0 Å². The Kier molecular flexibility index (Phi) is 5.30. The van der Waals surface area contributed by atoms with E-state index in [-0.39, 0.29) is 23.7 Å². The van der Waals surface area contributed by atoms with E-state index in [1.54, 1.807) is 19.2 Å². The molecule has 2 aromatic rings. The van der Waals surface area contributed by atoms with Crippen molar-refractivity contribution in [3.8, 4) is 5.75 Å². The van der Waals surface area contributed by atoms with Crippen molar-refractivity contribution in [2.45, 2.75) is 38.8 Å². The fraction of sp³-hybridized carbons (Fsp3) is 0.350. The molecule has 0 saturated heterocycles. The number of carbonyl (C=O) groups excluding carboxylic acids is 1. The van der Waals surface area contributed by atoms with Gasteiger partial charge in [0, 0.05) is 23.2 Å². The van der Waals surface area contributed by atoms with Crippen molar-refractivity contribution >= 4 is 17.3 Å². The Hall–Kier alpha value is -3.09. The van der Waals surface area contributed by atoms with E-state index in [9.17, 15) is 14.9 Å². The number of nitro benzene ring substituents is 1. The average Bonchev–Trinajstić information content (AvgIpc) is 3.45.